The first-order valence-corrected chi connectivity index (χ1v) is 10.5. The molecular formula is C20H15ClN2O6S2. The molecule has 0 saturated carbocycles. The molecule has 0 unspecified atom stereocenters. The Morgan fingerprint density at radius 2 is 2.03 bits per heavy atom. The zero-order valence-electron chi connectivity index (χ0n) is 15.8. The molecule has 0 radical (unpaired) electrons. The van der Waals surface area contributed by atoms with Gasteiger partial charge in [-0.25, -0.2) is 0 Å². The summed E-state index contributed by atoms with van der Waals surface area (Å²) in [6.45, 7) is 0.194. The lowest BCUT2D eigenvalue weighted by Gasteiger charge is -2.13. The monoisotopic (exact) mass is 478 g/mol. The average Bonchev–Trinajstić information content (AvgIpc) is 2.97. The molecule has 1 fully saturated rings. The SMILES string of the molecule is O=C(O)CCCN1C(=O)C(=Cc2ccc(Oc3ccccc3Cl)c([N+](=O)[O-])c2)SC1=S. The minimum Gasteiger partial charge on any atom is -0.481 e. The number of halogens is 1. The van der Waals surface area contributed by atoms with Gasteiger partial charge in [0.1, 0.15) is 10.1 Å². The van der Waals surface area contributed by atoms with E-state index in [4.69, 9.17) is 33.7 Å². The van der Waals surface area contributed by atoms with Crippen molar-refractivity contribution < 1.29 is 24.4 Å². The van der Waals surface area contributed by atoms with Gasteiger partial charge in [-0.3, -0.25) is 24.6 Å². The van der Waals surface area contributed by atoms with Crippen molar-refractivity contribution in [3.63, 3.8) is 0 Å². The smallest absolute Gasteiger partial charge is 0.312 e. The van der Waals surface area contributed by atoms with Crippen molar-refractivity contribution in [3.8, 4) is 11.5 Å². The first-order valence-electron chi connectivity index (χ1n) is 8.94. The van der Waals surface area contributed by atoms with Gasteiger partial charge in [0.2, 0.25) is 5.75 Å². The van der Waals surface area contributed by atoms with Gasteiger partial charge >= 0.3 is 11.7 Å². The van der Waals surface area contributed by atoms with Crippen molar-refractivity contribution in [2.45, 2.75) is 12.8 Å². The van der Waals surface area contributed by atoms with Crippen LogP contribution in [0, 0.1) is 10.1 Å². The van der Waals surface area contributed by atoms with E-state index < -0.39 is 10.9 Å². The van der Waals surface area contributed by atoms with Crippen LogP contribution in [0.25, 0.3) is 6.08 Å². The number of hydrogen-bond donors (Lipinski definition) is 1. The second-order valence-electron chi connectivity index (χ2n) is 6.35. The van der Waals surface area contributed by atoms with Gasteiger partial charge in [0.25, 0.3) is 5.91 Å². The molecule has 2 aromatic rings. The zero-order valence-corrected chi connectivity index (χ0v) is 18.2. The molecule has 31 heavy (non-hydrogen) atoms. The lowest BCUT2D eigenvalue weighted by atomic mass is 10.1. The first kappa shape index (κ1) is 22.7. The highest BCUT2D eigenvalue weighted by atomic mass is 35.5. The third-order valence-electron chi connectivity index (χ3n) is 4.18. The number of carbonyl (C=O) groups is 2. The summed E-state index contributed by atoms with van der Waals surface area (Å²) in [5.41, 5.74) is 0.134. The molecule has 1 aliphatic heterocycles. The molecule has 0 aliphatic carbocycles. The van der Waals surface area contributed by atoms with Crippen LogP contribution in [0.4, 0.5) is 5.69 Å². The standard InChI is InChI=1S/C20H15ClN2O6S2/c21-13-4-1-2-5-15(13)29-16-8-7-12(10-14(16)23(27)28)11-17-19(26)22(20(30)31-17)9-3-6-18(24)25/h1-2,4-5,7-8,10-11H,3,6,9H2,(H,24,25). The van der Waals surface area contributed by atoms with Crippen molar-refractivity contribution in [3.05, 3.63) is 68.1 Å². The Morgan fingerprint density at radius 1 is 1.29 bits per heavy atom. The molecule has 0 atom stereocenters. The number of hydrogen-bond acceptors (Lipinski definition) is 7. The minimum atomic E-state index is -0.951. The maximum atomic E-state index is 12.6. The Balaban J connectivity index is 1.82. The van der Waals surface area contributed by atoms with E-state index in [0.717, 1.165) is 11.8 Å². The normalized spacial score (nSPS) is 14.9. The molecule has 1 amide bonds. The summed E-state index contributed by atoms with van der Waals surface area (Å²) in [7, 11) is 0. The topological polar surface area (TPSA) is 110 Å². The van der Waals surface area contributed by atoms with Crippen LogP contribution in [-0.2, 0) is 9.59 Å². The van der Waals surface area contributed by atoms with E-state index in [1.54, 1.807) is 30.3 Å². The summed E-state index contributed by atoms with van der Waals surface area (Å²) in [6.07, 6.45) is 1.70. The maximum absolute atomic E-state index is 12.6. The molecule has 160 valence electrons. The van der Waals surface area contributed by atoms with E-state index in [0.29, 0.717) is 19.8 Å². The summed E-state index contributed by atoms with van der Waals surface area (Å²) in [4.78, 5) is 35.9. The summed E-state index contributed by atoms with van der Waals surface area (Å²) < 4.78 is 5.92. The molecule has 2 aromatic carbocycles. The van der Waals surface area contributed by atoms with Crippen LogP contribution in [0.5, 0.6) is 11.5 Å². The number of aliphatic carboxylic acids is 1. The Morgan fingerprint density at radius 3 is 2.71 bits per heavy atom. The molecule has 0 aromatic heterocycles. The number of amides is 1. The number of carbonyl (C=O) groups excluding carboxylic acids is 1. The van der Waals surface area contributed by atoms with E-state index in [-0.39, 0.29) is 42.5 Å². The van der Waals surface area contributed by atoms with E-state index in [1.165, 1.54) is 23.1 Å². The third kappa shape index (κ3) is 5.60. The Hall–Kier alpha value is -2.95. The average molecular weight is 479 g/mol. The van der Waals surface area contributed by atoms with Crippen LogP contribution < -0.4 is 4.74 Å². The van der Waals surface area contributed by atoms with Gasteiger partial charge in [0, 0.05) is 19.0 Å². The Kier molecular flexibility index (Phi) is 7.26. The number of benzene rings is 2. The first-order chi connectivity index (χ1) is 14.8. The van der Waals surface area contributed by atoms with Crippen LogP contribution >= 0.6 is 35.6 Å². The van der Waals surface area contributed by atoms with Crippen LogP contribution in [-0.4, -0.2) is 37.7 Å². The maximum Gasteiger partial charge on any atom is 0.312 e. The van der Waals surface area contributed by atoms with Gasteiger partial charge in [-0.1, -0.05) is 53.8 Å². The van der Waals surface area contributed by atoms with Gasteiger partial charge in [0.05, 0.1) is 14.9 Å². The quantitative estimate of drug-likeness (QED) is 0.241. The third-order valence-corrected chi connectivity index (χ3v) is 5.87. The second kappa shape index (κ2) is 9.90. The molecule has 1 aliphatic rings. The number of carboxylic acid groups (broad SMARTS) is 1. The number of rotatable bonds is 8. The molecule has 1 saturated heterocycles. The lowest BCUT2D eigenvalue weighted by Crippen LogP contribution is -2.29. The van der Waals surface area contributed by atoms with Crippen molar-refractivity contribution >= 4 is 63.5 Å². The number of thioether (sulfide) groups is 1. The van der Waals surface area contributed by atoms with Crippen molar-refractivity contribution in [2.75, 3.05) is 6.54 Å². The summed E-state index contributed by atoms with van der Waals surface area (Å²) in [5.74, 6) is -1.02. The van der Waals surface area contributed by atoms with Crippen LogP contribution in [0.2, 0.25) is 5.02 Å². The Bertz CT molecular complexity index is 1100. The molecule has 1 heterocycles. The predicted molar refractivity (Wildman–Crippen MR) is 121 cm³/mol. The molecule has 3 rings (SSSR count). The van der Waals surface area contributed by atoms with Gasteiger partial charge in [-0.05, 0) is 36.3 Å². The van der Waals surface area contributed by atoms with Gasteiger partial charge < -0.3 is 9.84 Å². The van der Waals surface area contributed by atoms with E-state index >= 15 is 0 Å². The van der Waals surface area contributed by atoms with Crippen molar-refractivity contribution in [1.82, 2.24) is 4.90 Å². The number of nitro groups is 1. The number of para-hydroxylation sites is 1. The van der Waals surface area contributed by atoms with E-state index in [2.05, 4.69) is 0 Å². The lowest BCUT2D eigenvalue weighted by molar-refractivity contribution is -0.385. The van der Waals surface area contributed by atoms with E-state index in [9.17, 15) is 19.7 Å². The molecule has 8 nitrogen and oxygen atoms in total. The highest BCUT2D eigenvalue weighted by Crippen LogP contribution is 2.37. The highest BCUT2D eigenvalue weighted by molar-refractivity contribution is 8.26. The van der Waals surface area contributed by atoms with Gasteiger partial charge in [0.15, 0.2) is 0 Å². The van der Waals surface area contributed by atoms with Gasteiger partial charge in [-0.15, -0.1) is 0 Å². The molecule has 0 bridgehead atoms. The summed E-state index contributed by atoms with van der Waals surface area (Å²) in [5, 5.41) is 20.6. The number of ether oxygens (including phenoxy) is 1. The summed E-state index contributed by atoms with van der Waals surface area (Å²) in [6, 6.07) is 10.9. The van der Waals surface area contributed by atoms with Crippen LogP contribution in [0.15, 0.2) is 47.4 Å². The van der Waals surface area contributed by atoms with Gasteiger partial charge in [-0.2, -0.15) is 0 Å². The number of carboxylic acids is 1. The van der Waals surface area contributed by atoms with Crippen molar-refractivity contribution in [2.24, 2.45) is 0 Å². The molecule has 11 heteroatoms. The Labute approximate surface area is 191 Å². The number of thiocarbonyl (C=S) groups is 1. The predicted octanol–water partition coefficient (Wildman–Crippen LogP) is 5.11. The van der Waals surface area contributed by atoms with Crippen molar-refractivity contribution in [1.29, 1.82) is 0 Å². The molecule has 1 N–H and O–H groups in total. The fourth-order valence-corrected chi connectivity index (χ4v) is 4.21. The fourth-order valence-electron chi connectivity index (χ4n) is 2.73. The second-order valence-corrected chi connectivity index (χ2v) is 8.43. The molecule has 0 spiro atoms. The fraction of sp³-hybridized carbons (Fsp3) is 0.150. The number of nitrogens with zero attached hydrogens (tertiary/aromatic N) is 2. The van der Waals surface area contributed by atoms with Crippen LogP contribution in [0.3, 0.4) is 0 Å². The van der Waals surface area contributed by atoms with E-state index in [1.807, 2.05) is 0 Å². The zero-order chi connectivity index (χ0) is 22.5. The largest absolute Gasteiger partial charge is 0.481 e. The highest BCUT2D eigenvalue weighted by Gasteiger charge is 2.32. The summed E-state index contributed by atoms with van der Waals surface area (Å²) >= 11 is 12.3. The minimum absolute atomic E-state index is 0.0106. The molecular weight excluding hydrogens is 464 g/mol. The number of nitro benzene ring substituents is 1. The van der Waals surface area contributed by atoms with Crippen LogP contribution in [0.1, 0.15) is 18.4 Å².